The van der Waals surface area contributed by atoms with E-state index in [-0.39, 0.29) is 18.3 Å². The van der Waals surface area contributed by atoms with Crippen LogP contribution in [-0.2, 0) is 4.79 Å². The fourth-order valence-corrected chi connectivity index (χ4v) is 2.28. The number of allylic oxidation sites excluding steroid dienone is 1. The first-order valence-electron chi connectivity index (χ1n) is 9.07. The molecule has 0 aliphatic rings. The van der Waals surface area contributed by atoms with E-state index in [0.717, 1.165) is 17.7 Å². The summed E-state index contributed by atoms with van der Waals surface area (Å²) in [6.45, 7) is 5.13. The molecule has 5 nitrogen and oxygen atoms in total. The minimum Gasteiger partial charge on any atom is -0.494 e. The Balaban J connectivity index is 1.89. The fraction of sp³-hybridized carbons (Fsp3) is 0.273. The molecule has 0 unspecified atom stereocenters. The quantitative estimate of drug-likeness (QED) is 0.511. The van der Waals surface area contributed by atoms with Gasteiger partial charge in [0.15, 0.2) is 12.4 Å². The Bertz CT molecular complexity index is 764. The predicted molar refractivity (Wildman–Crippen MR) is 106 cm³/mol. The fourth-order valence-electron chi connectivity index (χ4n) is 2.28. The van der Waals surface area contributed by atoms with Gasteiger partial charge in [0.2, 0.25) is 0 Å². The largest absolute Gasteiger partial charge is 0.494 e. The van der Waals surface area contributed by atoms with E-state index in [9.17, 15) is 9.59 Å². The zero-order valence-corrected chi connectivity index (χ0v) is 15.7. The summed E-state index contributed by atoms with van der Waals surface area (Å²) in [5.41, 5.74) is 1.48. The van der Waals surface area contributed by atoms with E-state index in [4.69, 9.17) is 9.47 Å². The topological polar surface area (TPSA) is 64.6 Å². The second-order valence-electron chi connectivity index (χ2n) is 5.88. The molecule has 0 heterocycles. The monoisotopic (exact) mass is 367 g/mol. The number of benzene rings is 2. The van der Waals surface area contributed by atoms with E-state index in [0.29, 0.717) is 24.5 Å². The van der Waals surface area contributed by atoms with E-state index in [1.165, 1.54) is 6.08 Å². The molecule has 0 aliphatic heterocycles. The van der Waals surface area contributed by atoms with Gasteiger partial charge < -0.3 is 14.8 Å². The molecule has 0 saturated heterocycles. The Kier molecular flexibility index (Phi) is 8.10. The third-order valence-electron chi connectivity index (χ3n) is 3.66. The van der Waals surface area contributed by atoms with Crippen molar-refractivity contribution in [3.8, 4) is 11.5 Å². The van der Waals surface area contributed by atoms with Crippen molar-refractivity contribution in [3.05, 3.63) is 65.7 Å². The van der Waals surface area contributed by atoms with Crippen LogP contribution in [0.25, 0.3) is 6.08 Å². The molecule has 0 spiro atoms. The van der Waals surface area contributed by atoms with Crippen molar-refractivity contribution < 1.29 is 19.1 Å². The number of carbonyl (C=O) groups excluding carboxylic acids is 2. The molecular formula is C22H25NO4. The number of ether oxygens (including phenoxy) is 2. The van der Waals surface area contributed by atoms with Gasteiger partial charge in [0.05, 0.1) is 6.61 Å². The Labute approximate surface area is 160 Å². The third kappa shape index (κ3) is 6.98. The number of ketones is 1. The molecule has 2 rings (SSSR count). The lowest BCUT2D eigenvalue weighted by atomic mass is 10.1. The Morgan fingerprint density at radius 1 is 0.926 bits per heavy atom. The van der Waals surface area contributed by atoms with E-state index < -0.39 is 0 Å². The normalized spacial score (nSPS) is 10.6. The molecular weight excluding hydrogens is 342 g/mol. The summed E-state index contributed by atoms with van der Waals surface area (Å²) in [5, 5.41) is 2.67. The van der Waals surface area contributed by atoms with Gasteiger partial charge in [-0.15, -0.1) is 0 Å². The second kappa shape index (κ2) is 10.8. The van der Waals surface area contributed by atoms with E-state index in [1.54, 1.807) is 42.5 Å². The molecule has 1 N–H and O–H groups in total. The number of amides is 1. The average Bonchev–Trinajstić information content (AvgIpc) is 2.70. The van der Waals surface area contributed by atoms with Gasteiger partial charge in [-0.3, -0.25) is 9.59 Å². The van der Waals surface area contributed by atoms with Crippen LogP contribution >= 0.6 is 0 Å². The van der Waals surface area contributed by atoms with E-state index >= 15 is 0 Å². The van der Waals surface area contributed by atoms with Gasteiger partial charge in [-0.05, 0) is 61.4 Å². The highest BCUT2D eigenvalue weighted by Crippen LogP contribution is 2.15. The van der Waals surface area contributed by atoms with Gasteiger partial charge in [-0.2, -0.15) is 0 Å². The summed E-state index contributed by atoms with van der Waals surface area (Å²) in [7, 11) is 0. The third-order valence-corrected chi connectivity index (χ3v) is 3.66. The van der Waals surface area contributed by atoms with Crippen LogP contribution in [0, 0.1) is 0 Å². The minimum atomic E-state index is -0.154. The van der Waals surface area contributed by atoms with Crippen LogP contribution in [0.2, 0.25) is 0 Å². The van der Waals surface area contributed by atoms with Crippen LogP contribution in [0.15, 0.2) is 54.6 Å². The van der Waals surface area contributed by atoms with Gasteiger partial charge in [0, 0.05) is 12.1 Å². The predicted octanol–water partition coefficient (Wildman–Crippen LogP) is 3.89. The molecule has 0 saturated carbocycles. The van der Waals surface area contributed by atoms with Crippen LogP contribution in [0.3, 0.4) is 0 Å². The van der Waals surface area contributed by atoms with Crippen molar-refractivity contribution in [1.29, 1.82) is 0 Å². The second-order valence-corrected chi connectivity index (χ2v) is 5.88. The summed E-state index contributed by atoms with van der Waals surface area (Å²) >= 11 is 0. The van der Waals surface area contributed by atoms with Crippen molar-refractivity contribution in [3.63, 3.8) is 0 Å². The van der Waals surface area contributed by atoms with Gasteiger partial charge >= 0.3 is 0 Å². The van der Waals surface area contributed by atoms with Gasteiger partial charge in [0.1, 0.15) is 11.5 Å². The maximum atomic E-state index is 12.3. The van der Waals surface area contributed by atoms with Crippen molar-refractivity contribution in [2.75, 3.05) is 19.8 Å². The van der Waals surface area contributed by atoms with Crippen LogP contribution in [0.5, 0.6) is 11.5 Å². The number of likely N-dealkylation sites (N-methyl/N-ethyl adjacent to an activating group) is 1. The van der Waals surface area contributed by atoms with Crippen molar-refractivity contribution >= 4 is 17.8 Å². The Hall–Kier alpha value is -3.08. The van der Waals surface area contributed by atoms with E-state index in [1.807, 2.05) is 26.0 Å². The molecule has 2 aromatic carbocycles. The number of carbonyl (C=O) groups is 2. The lowest BCUT2D eigenvalue weighted by molar-refractivity contribution is -0.122. The van der Waals surface area contributed by atoms with Gasteiger partial charge in [-0.1, -0.05) is 25.1 Å². The highest BCUT2D eigenvalue weighted by Gasteiger charge is 2.03. The molecule has 5 heteroatoms. The molecule has 0 aliphatic carbocycles. The molecule has 0 radical (unpaired) electrons. The number of rotatable bonds is 10. The highest BCUT2D eigenvalue weighted by atomic mass is 16.5. The first kappa shape index (κ1) is 20.2. The maximum absolute atomic E-state index is 12.3. The van der Waals surface area contributed by atoms with Crippen molar-refractivity contribution in [2.45, 2.75) is 20.3 Å². The summed E-state index contributed by atoms with van der Waals surface area (Å²) < 4.78 is 10.9. The van der Waals surface area contributed by atoms with Gasteiger partial charge in [0.25, 0.3) is 5.91 Å². The number of nitrogens with one attached hydrogen (secondary N) is 1. The number of hydrogen-bond donors (Lipinski definition) is 1. The molecule has 1 amide bonds. The van der Waals surface area contributed by atoms with Crippen molar-refractivity contribution in [2.24, 2.45) is 0 Å². The zero-order valence-electron chi connectivity index (χ0n) is 15.7. The van der Waals surface area contributed by atoms with Crippen LogP contribution in [0.4, 0.5) is 0 Å². The minimum absolute atomic E-state index is 0.0144. The number of hydrogen-bond acceptors (Lipinski definition) is 4. The summed E-state index contributed by atoms with van der Waals surface area (Å²) in [5.74, 6) is 1.14. The van der Waals surface area contributed by atoms with E-state index in [2.05, 4.69) is 5.32 Å². The van der Waals surface area contributed by atoms with Crippen LogP contribution in [0.1, 0.15) is 36.2 Å². The zero-order chi connectivity index (χ0) is 19.5. The molecule has 0 bridgehead atoms. The highest BCUT2D eigenvalue weighted by molar-refractivity contribution is 6.06. The average molecular weight is 367 g/mol. The van der Waals surface area contributed by atoms with Crippen molar-refractivity contribution in [1.82, 2.24) is 5.32 Å². The van der Waals surface area contributed by atoms with Crippen LogP contribution < -0.4 is 14.8 Å². The first-order valence-corrected chi connectivity index (χ1v) is 9.07. The summed E-state index contributed by atoms with van der Waals surface area (Å²) in [4.78, 5) is 23.6. The molecule has 0 fully saturated rings. The first-order chi connectivity index (χ1) is 13.1. The molecule has 27 heavy (non-hydrogen) atoms. The standard InChI is InChI=1S/C22H25NO4/c1-3-15-26-19-12-8-18(9-13-19)21(24)14-7-17-5-10-20(11-6-17)27-16-22(25)23-4-2/h5-14H,3-4,15-16H2,1-2H3,(H,23,25)/b14-7+. The lowest BCUT2D eigenvalue weighted by Crippen LogP contribution is -2.28. The molecule has 0 atom stereocenters. The molecule has 2 aromatic rings. The van der Waals surface area contributed by atoms with Crippen LogP contribution in [-0.4, -0.2) is 31.4 Å². The molecule has 142 valence electrons. The maximum Gasteiger partial charge on any atom is 0.257 e. The lowest BCUT2D eigenvalue weighted by Gasteiger charge is -2.06. The summed E-state index contributed by atoms with van der Waals surface area (Å²) in [6.07, 6.45) is 4.23. The SMILES string of the molecule is CCCOc1ccc(C(=O)/C=C/c2ccc(OCC(=O)NCC)cc2)cc1. The molecule has 0 aromatic heterocycles. The Morgan fingerprint density at radius 2 is 1.56 bits per heavy atom. The summed E-state index contributed by atoms with van der Waals surface area (Å²) in [6, 6.07) is 14.3. The smallest absolute Gasteiger partial charge is 0.257 e. The Morgan fingerprint density at radius 3 is 2.19 bits per heavy atom. The van der Waals surface area contributed by atoms with Gasteiger partial charge in [-0.25, -0.2) is 0 Å².